The van der Waals surface area contributed by atoms with Crippen molar-refractivity contribution in [3.63, 3.8) is 0 Å². The van der Waals surface area contributed by atoms with Gasteiger partial charge in [0.05, 0.1) is 7.05 Å². The van der Waals surface area contributed by atoms with Crippen LogP contribution in [0.3, 0.4) is 0 Å². The molecule has 0 N–H and O–H groups in total. The monoisotopic (exact) mass is 193 g/mol. The maximum absolute atomic E-state index is 4.19. The normalized spacial score (nSPS) is 23.6. The van der Waals surface area contributed by atoms with Crippen molar-refractivity contribution >= 4 is 5.57 Å². The summed E-state index contributed by atoms with van der Waals surface area (Å²) in [6.07, 6.45) is 3.27. The van der Waals surface area contributed by atoms with Gasteiger partial charge in [0.1, 0.15) is 0 Å². The molecule has 0 aliphatic carbocycles. The summed E-state index contributed by atoms with van der Waals surface area (Å²) in [5.41, 5.74) is 1.18. The minimum Gasteiger partial charge on any atom is -0.299 e. The first-order valence-corrected chi connectivity index (χ1v) is 4.80. The van der Waals surface area contributed by atoms with Crippen LogP contribution >= 0.6 is 0 Å². The van der Waals surface area contributed by atoms with Gasteiger partial charge in [-0.3, -0.25) is 4.90 Å². The van der Waals surface area contributed by atoms with E-state index in [1.165, 1.54) is 10.4 Å². The summed E-state index contributed by atoms with van der Waals surface area (Å²) in [5.74, 6) is 0.756. The van der Waals surface area contributed by atoms with Crippen molar-refractivity contribution in [2.24, 2.45) is 7.05 Å². The quantitative estimate of drug-likeness (QED) is 0.644. The fourth-order valence-corrected chi connectivity index (χ4v) is 1.56. The van der Waals surface area contributed by atoms with Gasteiger partial charge in [0, 0.05) is 18.2 Å². The molecule has 0 spiro atoms. The van der Waals surface area contributed by atoms with E-state index in [1.807, 2.05) is 0 Å². The molecule has 5 heteroatoms. The highest BCUT2D eigenvalue weighted by molar-refractivity contribution is 5.61. The first kappa shape index (κ1) is 9.33. The van der Waals surface area contributed by atoms with E-state index in [9.17, 15) is 0 Å². The van der Waals surface area contributed by atoms with Crippen molar-refractivity contribution in [3.05, 3.63) is 11.9 Å². The van der Waals surface area contributed by atoms with Crippen LogP contribution in [0, 0.1) is 0 Å². The van der Waals surface area contributed by atoms with Gasteiger partial charge < -0.3 is 0 Å². The minimum absolute atomic E-state index is 0.607. The van der Waals surface area contributed by atoms with E-state index in [2.05, 4.69) is 40.4 Å². The Bertz CT molecular complexity index is 354. The van der Waals surface area contributed by atoms with E-state index in [0.717, 1.165) is 18.8 Å². The molecule has 0 fully saturated rings. The number of likely N-dealkylation sites (N-methyl/N-ethyl adjacent to an activating group) is 1. The van der Waals surface area contributed by atoms with Crippen LogP contribution in [-0.4, -0.2) is 44.7 Å². The van der Waals surface area contributed by atoms with E-state index in [4.69, 9.17) is 0 Å². The Labute approximate surface area is 83.4 Å². The predicted molar refractivity (Wildman–Crippen MR) is 53.5 cm³/mol. The fraction of sp³-hybridized carbons (Fsp3) is 0.667. The van der Waals surface area contributed by atoms with Gasteiger partial charge >= 0.3 is 0 Å². The van der Waals surface area contributed by atoms with Crippen LogP contribution in [0.2, 0.25) is 0 Å². The molecule has 2 rings (SSSR count). The molecule has 2 heterocycles. The second kappa shape index (κ2) is 3.49. The first-order chi connectivity index (χ1) is 6.66. The number of rotatable bonds is 1. The lowest BCUT2D eigenvalue weighted by Crippen LogP contribution is -2.33. The zero-order valence-electron chi connectivity index (χ0n) is 8.80. The molecule has 1 aromatic rings. The molecule has 1 atom stereocenters. The average Bonchev–Trinajstić information content (AvgIpc) is 2.57. The molecule has 0 saturated carbocycles. The van der Waals surface area contributed by atoms with Crippen LogP contribution in [-0.2, 0) is 7.05 Å². The van der Waals surface area contributed by atoms with Gasteiger partial charge in [-0.25, -0.2) is 0 Å². The lowest BCUT2D eigenvalue weighted by Gasteiger charge is -2.28. The van der Waals surface area contributed by atoms with E-state index in [1.54, 1.807) is 7.05 Å². The number of hydrogen-bond acceptors (Lipinski definition) is 4. The highest BCUT2D eigenvalue weighted by atomic mass is 15.6. The number of aromatic nitrogens is 4. The number of nitrogens with zero attached hydrogens (tertiary/aromatic N) is 5. The van der Waals surface area contributed by atoms with E-state index < -0.39 is 0 Å². The Morgan fingerprint density at radius 2 is 2.21 bits per heavy atom. The van der Waals surface area contributed by atoms with E-state index >= 15 is 0 Å². The van der Waals surface area contributed by atoms with E-state index in [0.29, 0.717) is 6.04 Å². The first-order valence-electron chi connectivity index (χ1n) is 4.80. The topological polar surface area (TPSA) is 46.8 Å². The van der Waals surface area contributed by atoms with Gasteiger partial charge in [-0.1, -0.05) is 6.08 Å². The SMILES string of the molecule is CC1CC=C(c2nnn(C)n2)CN1C. The number of aryl methyl sites for hydroxylation is 1. The highest BCUT2D eigenvalue weighted by Crippen LogP contribution is 2.19. The molecule has 0 bridgehead atoms. The van der Waals surface area contributed by atoms with Crippen LogP contribution < -0.4 is 0 Å². The van der Waals surface area contributed by atoms with Crippen LogP contribution in [0.5, 0.6) is 0 Å². The van der Waals surface area contributed by atoms with Crippen molar-refractivity contribution in [2.45, 2.75) is 19.4 Å². The summed E-state index contributed by atoms with van der Waals surface area (Å²) in [4.78, 5) is 3.79. The van der Waals surface area contributed by atoms with Crippen LogP contribution in [0.25, 0.3) is 5.57 Å². The molecule has 0 radical (unpaired) electrons. The second-order valence-corrected chi connectivity index (χ2v) is 3.83. The molecule has 1 aliphatic rings. The van der Waals surface area contributed by atoms with Gasteiger partial charge in [0.15, 0.2) is 0 Å². The van der Waals surface area contributed by atoms with Crippen molar-refractivity contribution < 1.29 is 0 Å². The van der Waals surface area contributed by atoms with Crippen LogP contribution in [0.1, 0.15) is 19.2 Å². The molecule has 0 aromatic carbocycles. The molecule has 1 aliphatic heterocycles. The third-order valence-electron chi connectivity index (χ3n) is 2.67. The molecule has 0 amide bonds. The third kappa shape index (κ3) is 1.68. The Kier molecular flexibility index (Phi) is 2.33. The average molecular weight is 193 g/mol. The van der Waals surface area contributed by atoms with Crippen LogP contribution in [0.15, 0.2) is 6.08 Å². The molecule has 1 unspecified atom stereocenters. The lowest BCUT2D eigenvalue weighted by atomic mass is 10.0. The second-order valence-electron chi connectivity index (χ2n) is 3.83. The zero-order valence-corrected chi connectivity index (χ0v) is 8.80. The van der Waals surface area contributed by atoms with Gasteiger partial charge in [-0.15, -0.1) is 10.2 Å². The summed E-state index contributed by atoms with van der Waals surface area (Å²) in [5, 5.41) is 12.0. The summed E-state index contributed by atoms with van der Waals surface area (Å²) in [6.45, 7) is 3.13. The molecule has 14 heavy (non-hydrogen) atoms. The Morgan fingerprint density at radius 3 is 2.79 bits per heavy atom. The minimum atomic E-state index is 0.607. The molecule has 1 aromatic heterocycles. The molecule has 76 valence electrons. The van der Waals surface area contributed by atoms with Gasteiger partial charge in [0.25, 0.3) is 0 Å². The fourth-order valence-electron chi connectivity index (χ4n) is 1.56. The molecule has 5 nitrogen and oxygen atoms in total. The summed E-state index contributed by atoms with van der Waals surface area (Å²) >= 11 is 0. The summed E-state index contributed by atoms with van der Waals surface area (Å²) < 4.78 is 0. The van der Waals surface area contributed by atoms with Crippen LogP contribution in [0.4, 0.5) is 0 Å². The smallest absolute Gasteiger partial charge is 0.201 e. The number of tetrazole rings is 1. The van der Waals surface area contributed by atoms with Gasteiger partial charge in [0.2, 0.25) is 5.82 Å². The Balaban J connectivity index is 2.20. The van der Waals surface area contributed by atoms with Crippen molar-refractivity contribution in [1.82, 2.24) is 25.1 Å². The lowest BCUT2D eigenvalue weighted by molar-refractivity contribution is 0.280. The predicted octanol–water partition coefficient (Wildman–Crippen LogP) is 0.317. The summed E-state index contributed by atoms with van der Waals surface area (Å²) in [7, 11) is 3.90. The number of hydrogen-bond donors (Lipinski definition) is 0. The molecular weight excluding hydrogens is 178 g/mol. The largest absolute Gasteiger partial charge is 0.299 e. The van der Waals surface area contributed by atoms with Crippen molar-refractivity contribution in [1.29, 1.82) is 0 Å². The maximum atomic E-state index is 4.19. The van der Waals surface area contributed by atoms with Crippen molar-refractivity contribution in [3.8, 4) is 0 Å². The standard InChI is InChI=1S/C9H15N5/c1-7-4-5-8(6-13(7)2)9-10-12-14(3)11-9/h5,7H,4,6H2,1-3H3. The van der Waals surface area contributed by atoms with Gasteiger partial charge in [-0.05, 0) is 25.6 Å². The Morgan fingerprint density at radius 1 is 1.43 bits per heavy atom. The highest BCUT2D eigenvalue weighted by Gasteiger charge is 2.18. The van der Waals surface area contributed by atoms with E-state index in [-0.39, 0.29) is 0 Å². The molecule has 0 saturated heterocycles. The maximum Gasteiger partial charge on any atom is 0.201 e. The molecular formula is C9H15N5. The Hall–Kier alpha value is -1.23. The third-order valence-corrected chi connectivity index (χ3v) is 2.67. The van der Waals surface area contributed by atoms with Crippen molar-refractivity contribution in [2.75, 3.05) is 13.6 Å². The van der Waals surface area contributed by atoms with Gasteiger partial charge in [-0.2, -0.15) is 4.80 Å². The summed E-state index contributed by atoms with van der Waals surface area (Å²) in [6, 6.07) is 0.607. The zero-order chi connectivity index (χ0) is 10.1.